The first-order chi connectivity index (χ1) is 5.57. The van der Waals surface area contributed by atoms with Crippen LogP contribution in [0.25, 0.3) is 0 Å². The van der Waals surface area contributed by atoms with Gasteiger partial charge in [0.25, 0.3) is 0 Å². The minimum absolute atomic E-state index is 0.381. The minimum atomic E-state index is 0.381. The number of fused-ring (bicyclic) bond motifs is 2. The average molecular weight is 168 g/mol. The maximum Gasteiger partial charge on any atom is 0.00849 e. The van der Waals surface area contributed by atoms with Gasteiger partial charge in [-0.1, -0.05) is 13.8 Å². The van der Waals surface area contributed by atoms with Gasteiger partial charge in [0.2, 0.25) is 0 Å². The van der Waals surface area contributed by atoms with E-state index in [-0.39, 0.29) is 0 Å². The van der Waals surface area contributed by atoms with Gasteiger partial charge < -0.3 is 11.5 Å². The van der Waals surface area contributed by atoms with Gasteiger partial charge >= 0.3 is 0 Å². The molecule has 3 aliphatic carbocycles. The van der Waals surface area contributed by atoms with E-state index in [1.54, 1.807) is 0 Å². The van der Waals surface area contributed by atoms with E-state index >= 15 is 0 Å². The van der Waals surface area contributed by atoms with E-state index in [9.17, 15) is 0 Å². The highest BCUT2D eigenvalue weighted by Gasteiger charge is 2.56. The highest BCUT2D eigenvalue weighted by molar-refractivity contribution is 5.07. The van der Waals surface area contributed by atoms with Crippen LogP contribution in [0.15, 0.2) is 0 Å². The maximum atomic E-state index is 6.05. The molecule has 12 heavy (non-hydrogen) atoms. The lowest BCUT2D eigenvalue weighted by Crippen LogP contribution is -2.61. The molecule has 3 fully saturated rings. The Morgan fingerprint density at radius 3 is 2.42 bits per heavy atom. The summed E-state index contributed by atoms with van der Waals surface area (Å²) in [5.41, 5.74) is 12.3. The predicted molar refractivity (Wildman–Crippen MR) is 50.5 cm³/mol. The van der Waals surface area contributed by atoms with Crippen molar-refractivity contribution in [1.82, 2.24) is 0 Å². The van der Waals surface area contributed by atoms with E-state index in [4.69, 9.17) is 11.5 Å². The fraction of sp³-hybridized carbons (Fsp3) is 1.00. The van der Waals surface area contributed by atoms with Crippen LogP contribution in [0.2, 0.25) is 0 Å². The molecule has 4 atom stereocenters. The van der Waals surface area contributed by atoms with Gasteiger partial charge in [-0.15, -0.1) is 0 Å². The molecule has 0 aromatic carbocycles. The van der Waals surface area contributed by atoms with Gasteiger partial charge in [0, 0.05) is 6.04 Å². The third-order valence-corrected chi connectivity index (χ3v) is 4.44. The van der Waals surface area contributed by atoms with Gasteiger partial charge in [-0.05, 0) is 42.6 Å². The fourth-order valence-electron chi connectivity index (χ4n) is 3.32. The molecule has 3 rings (SSSR count). The predicted octanol–water partition coefficient (Wildman–Crippen LogP) is 0.955. The van der Waals surface area contributed by atoms with Crippen molar-refractivity contribution < 1.29 is 0 Å². The number of rotatable bonds is 1. The van der Waals surface area contributed by atoms with Gasteiger partial charge in [-0.3, -0.25) is 0 Å². The van der Waals surface area contributed by atoms with Gasteiger partial charge in [0.1, 0.15) is 0 Å². The molecule has 3 saturated carbocycles. The molecule has 0 aromatic heterocycles. The zero-order valence-corrected chi connectivity index (χ0v) is 8.09. The first-order valence-electron chi connectivity index (χ1n) is 5.03. The van der Waals surface area contributed by atoms with E-state index in [1.165, 1.54) is 12.8 Å². The summed E-state index contributed by atoms with van der Waals surface area (Å²) >= 11 is 0. The van der Waals surface area contributed by atoms with Crippen molar-refractivity contribution in [2.75, 3.05) is 6.54 Å². The summed E-state index contributed by atoms with van der Waals surface area (Å²) in [6.07, 6.45) is 2.58. The normalized spacial score (nSPS) is 50.0. The molecule has 2 heteroatoms. The van der Waals surface area contributed by atoms with Crippen molar-refractivity contribution in [3.8, 4) is 0 Å². The molecule has 2 nitrogen and oxygen atoms in total. The smallest absolute Gasteiger partial charge is 0.00849 e. The molecule has 4 N–H and O–H groups in total. The van der Waals surface area contributed by atoms with Crippen molar-refractivity contribution in [3.05, 3.63) is 0 Å². The van der Waals surface area contributed by atoms with Crippen LogP contribution in [0, 0.1) is 23.2 Å². The largest absolute Gasteiger partial charge is 0.330 e. The molecule has 70 valence electrons. The molecule has 0 saturated heterocycles. The molecule has 0 aliphatic heterocycles. The molecule has 2 bridgehead atoms. The van der Waals surface area contributed by atoms with Crippen LogP contribution < -0.4 is 11.5 Å². The van der Waals surface area contributed by atoms with Crippen molar-refractivity contribution in [2.24, 2.45) is 34.6 Å². The molecular formula is C10H20N2. The second-order valence-electron chi connectivity index (χ2n) is 5.16. The highest BCUT2D eigenvalue weighted by Crippen LogP contribution is 2.60. The van der Waals surface area contributed by atoms with Crippen LogP contribution >= 0.6 is 0 Å². The summed E-state index contributed by atoms with van der Waals surface area (Å²) in [5, 5.41) is 0. The van der Waals surface area contributed by atoms with Crippen LogP contribution in [0.4, 0.5) is 0 Å². The molecule has 0 spiro atoms. The number of nitrogens with two attached hydrogens (primary N) is 2. The summed E-state index contributed by atoms with van der Waals surface area (Å²) in [6, 6.07) is 0.381. The van der Waals surface area contributed by atoms with E-state index in [0.29, 0.717) is 17.4 Å². The second kappa shape index (κ2) is 2.46. The lowest BCUT2D eigenvalue weighted by atomic mass is 9.44. The first kappa shape index (κ1) is 8.52. The Morgan fingerprint density at radius 2 is 2.00 bits per heavy atom. The van der Waals surface area contributed by atoms with Crippen molar-refractivity contribution in [2.45, 2.75) is 32.7 Å². The lowest BCUT2D eigenvalue weighted by Gasteiger charge is -2.62. The highest BCUT2D eigenvalue weighted by atomic mass is 14.8. The Labute approximate surface area is 74.7 Å². The minimum Gasteiger partial charge on any atom is -0.330 e. The van der Waals surface area contributed by atoms with Crippen LogP contribution in [-0.4, -0.2) is 12.6 Å². The zero-order chi connectivity index (χ0) is 8.93. The number of hydrogen-bond acceptors (Lipinski definition) is 2. The average Bonchev–Trinajstić information content (AvgIpc) is 2.03. The molecule has 0 aromatic rings. The molecule has 0 amide bonds. The zero-order valence-electron chi connectivity index (χ0n) is 8.09. The molecule has 0 radical (unpaired) electrons. The third-order valence-electron chi connectivity index (χ3n) is 4.44. The van der Waals surface area contributed by atoms with Crippen LogP contribution in [0.3, 0.4) is 0 Å². The molecule has 4 unspecified atom stereocenters. The summed E-state index contributed by atoms with van der Waals surface area (Å²) in [6.45, 7) is 5.53. The summed E-state index contributed by atoms with van der Waals surface area (Å²) in [4.78, 5) is 0. The van der Waals surface area contributed by atoms with E-state index < -0.39 is 0 Å². The van der Waals surface area contributed by atoms with Gasteiger partial charge in [-0.2, -0.15) is 0 Å². The quantitative estimate of drug-likeness (QED) is 0.612. The Bertz CT molecular complexity index is 188. The molecule has 3 aliphatic rings. The summed E-state index contributed by atoms with van der Waals surface area (Å²) in [7, 11) is 0. The Kier molecular flexibility index (Phi) is 1.74. The first-order valence-corrected chi connectivity index (χ1v) is 5.03. The van der Waals surface area contributed by atoms with E-state index in [1.807, 2.05) is 0 Å². The Balaban J connectivity index is 2.15. The van der Waals surface area contributed by atoms with Gasteiger partial charge in [-0.25, -0.2) is 0 Å². The Hall–Kier alpha value is -0.0800. The summed E-state index contributed by atoms with van der Waals surface area (Å²) < 4.78 is 0. The van der Waals surface area contributed by atoms with Crippen LogP contribution in [0.5, 0.6) is 0 Å². The summed E-state index contributed by atoms with van der Waals surface area (Å²) in [5.74, 6) is 2.27. The third kappa shape index (κ3) is 0.882. The van der Waals surface area contributed by atoms with Crippen molar-refractivity contribution >= 4 is 0 Å². The Morgan fingerprint density at radius 1 is 1.33 bits per heavy atom. The van der Waals surface area contributed by atoms with E-state index in [0.717, 1.165) is 18.4 Å². The second-order valence-corrected chi connectivity index (χ2v) is 5.16. The standard InChI is InChI=1S/C10H20N2/c1-10(2)6-3-8(10)7(5-11)9(12)4-6/h6-9H,3-5,11-12H2,1-2H3. The number of hydrogen-bond donors (Lipinski definition) is 2. The monoisotopic (exact) mass is 168 g/mol. The van der Waals surface area contributed by atoms with Crippen molar-refractivity contribution in [1.29, 1.82) is 0 Å². The lowest BCUT2D eigenvalue weighted by molar-refractivity contribution is -0.111. The van der Waals surface area contributed by atoms with Gasteiger partial charge in [0.15, 0.2) is 0 Å². The van der Waals surface area contributed by atoms with E-state index in [2.05, 4.69) is 13.8 Å². The molecule has 0 heterocycles. The fourth-order valence-corrected chi connectivity index (χ4v) is 3.32. The molecular weight excluding hydrogens is 148 g/mol. The van der Waals surface area contributed by atoms with Crippen molar-refractivity contribution in [3.63, 3.8) is 0 Å². The topological polar surface area (TPSA) is 52.0 Å². The van der Waals surface area contributed by atoms with Crippen LogP contribution in [0.1, 0.15) is 26.7 Å². The van der Waals surface area contributed by atoms with Gasteiger partial charge in [0.05, 0.1) is 0 Å². The SMILES string of the molecule is CC1(C)C2CC(N)C(CN)C1C2. The van der Waals surface area contributed by atoms with Crippen LogP contribution in [-0.2, 0) is 0 Å². The maximum absolute atomic E-state index is 6.05.